The molecule has 8 heteroatoms. The van der Waals surface area contributed by atoms with Gasteiger partial charge in [-0.05, 0) is 41.8 Å². The van der Waals surface area contributed by atoms with Gasteiger partial charge in [-0.25, -0.2) is 4.79 Å². The number of carbonyl (C=O) groups excluding carboxylic acids is 2. The molecule has 0 aromatic heterocycles. The first kappa shape index (κ1) is 25.6. The van der Waals surface area contributed by atoms with E-state index in [4.69, 9.17) is 14.2 Å². The summed E-state index contributed by atoms with van der Waals surface area (Å²) in [5.41, 5.74) is 2.47. The van der Waals surface area contributed by atoms with Crippen molar-refractivity contribution in [2.45, 2.75) is 32.3 Å². The average molecular weight is 479 g/mol. The van der Waals surface area contributed by atoms with Crippen molar-refractivity contribution in [1.82, 2.24) is 10.6 Å². The molecule has 0 aliphatic rings. The molecule has 0 heterocycles. The molecule has 184 valence electrons. The standard InChI is InChI=1S/C27H30N2O6/c1-19-15-22(33-2)13-14-24(19)35-25(30)17-28-26(31)23(16-20-9-5-3-6-10-20)29-27(32)34-18-21-11-7-4-8-12-21/h3-15,23,25,30H,16-18H2,1-2H3,(H,28,31)(H,29,32). The Balaban J connectivity index is 1.57. The summed E-state index contributed by atoms with van der Waals surface area (Å²) in [6, 6.07) is 22.8. The lowest BCUT2D eigenvalue weighted by Gasteiger charge is -2.20. The molecule has 3 N–H and O–H groups in total. The molecule has 3 aromatic carbocycles. The SMILES string of the molecule is COc1ccc(OC(O)CNC(=O)C(Cc2ccccc2)NC(=O)OCc2ccccc2)c(C)c1. The van der Waals surface area contributed by atoms with Gasteiger partial charge < -0.3 is 30.0 Å². The maximum Gasteiger partial charge on any atom is 0.408 e. The lowest BCUT2D eigenvalue weighted by atomic mass is 10.1. The zero-order chi connectivity index (χ0) is 25.0. The van der Waals surface area contributed by atoms with Gasteiger partial charge in [0.15, 0.2) is 0 Å². The van der Waals surface area contributed by atoms with E-state index in [1.807, 2.05) is 67.6 Å². The van der Waals surface area contributed by atoms with E-state index in [9.17, 15) is 14.7 Å². The summed E-state index contributed by atoms with van der Waals surface area (Å²) in [5.74, 6) is 0.669. The second kappa shape index (κ2) is 13.0. The molecule has 2 amide bonds. The molecular formula is C27H30N2O6. The lowest BCUT2D eigenvalue weighted by molar-refractivity contribution is -0.124. The van der Waals surface area contributed by atoms with Crippen LogP contribution < -0.4 is 20.1 Å². The molecule has 0 aliphatic carbocycles. The van der Waals surface area contributed by atoms with E-state index in [-0.39, 0.29) is 19.6 Å². The summed E-state index contributed by atoms with van der Waals surface area (Å²) in [7, 11) is 1.57. The normalized spacial score (nSPS) is 12.2. The highest BCUT2D eigenvalue weighted by molar-refractivity contribution is 5.85. The second-order valence-corrected chi connectivity index (χ2v) is 7.90. The summed E-state index contributed by atoms with van der Waals surface area (Å²) >= 11 is 0. The van der Waals surface area contributed by atoms with Gasteiger partial charge in [0, 0.05) is 6.42 Å². The van der Waals surface area contributed by atoms with Crippen molar-refractivity contribution in [2.75, 3.05) is 13.7 Å². The fourth-order valence-corrected chi connectivity index (χ4v) is 3.35. The molecule has 3 aromatic rings. The van der Waals surface area contributed by atoms with E-state index < -0.39 is 24.3 Å². The fourth-order valence-electron chi connectivity index (χ4n) is 3.35. The number of ether oxygens (including phenoxy) is 3. The predicted molar refractivity (Wildman–Crippen MR) is 131 cm³/mol. The summed E-state index contributed by atoms with van der Waals surface area (Å²) in [6.45, 7) is 1.74. The van der Waals surface area contributed by atoms with Crippen LogP contribution in [0.4, 0.5) is 4.79 Å². The van der Waals surface area contributed by atoms with E-state index in [2.05, 4.69) is 10.6 Å². The zero-order valence-corrected chi connectivity index (χ0v) is 19.8. The van der Waals surface area contributed by atoms with Gasteiger partial charge in [-0.15, -0.1) is 0 Å². The van der Waals surface area contributed by atoms with Crippen molar-refractivity contribution >= 4 is 12.0 Å². The molecule has 0 spiro atoms. The van der Waals surface area contributed by atoms with Crippen molar-refractivity contribution in [3.05, 3.63) is 95.6 Å². The Hall–Kier alpha value is -4.04. The van der Waals surface area contributed by atoms with Crippen molar-refractivity contribution in [3.63, 3.8) is 0 Å². The van der Waals surface area contributed by atoms with Gasteiger partial charge >= 0.3 is 6.09 Å². The largest absolute Gasteiger partial charge is 0.497 e. The van der Waals surface area contributed by atoms with Crippen molar-refractivity contribution < 1.29 is 28.9 Å². The molecule has 0 aliphatic heterocycles. The molecule has 8 nitrogen and oxygen atoms in total. The molecule has 0 saturated carbocycles. The fraction of sp³-hybridized carbons (Fsp3) is 0.259. The molecule has 3 rings (SSSR count). The van der Waals surface area contributed by atoms with Gasteiger partial charge in [0.05, 0.1) is 13.7 Å². The number of alkyl carbamates (subject to hydrolysis) is 1. The highest BCUT2D eigenvalue weighted by atomic mass is 16.6. The van der Waals surface area contributed by atoms with Gasteiger partial charge in [0.25, 0.3) is 0 Å². The Bertz CT molecular complexity index is 1090. The number of carbonyl (C=O) groups is 2. The highest BCUT2D eigenvalue weighted by Crippen LogP contribution is 2.23. The first-order chi connectivity index (χ1) is 16.9. The number of hydrogen-bond donors (Lipinski definition) is 3. The van der Waals surface area contributed by atoms with E-state index in [0.717, 1.165) is 16.7 Å². The number of aliphatic hydroxyl groups is 1. The number of amides is 2. The monoisotopic (exact) mass is 478 g/mol. The maximum atomic E-state index is 12.9. The second-order valence-electron chi connectivity index (χ2n) is 7.90. The summed E-state index contributed by atoms with van der Waals surface area (Å²) in [6.07, 6.45) is -1.74. The molecule has 0 radical (unpaired) electrons. The summed E-state index contributed by atoms with van der Waals surface area (Å²) in [4.78, 5) is 25.3. The molecule has 2 unspecified atom stereocenters. The Kier molecular flexibility index (Phi) is 9.50. The minimum Gasteiger partial charge on any atom is -0.497 e. The molecule has 2 atom stereocenters. The summed E-state index contributed by atoms with van der Waals surface area (Å²) in [5, 5.41) is 15.5. The number of hydrogen-bond acceptors (Lipinski definition) is 6. The molecule has 0 fully saturated rings. The lowest BCUT2D eigenvalue weighted by Crippen LogP contribution is -2.50. The molecule has 35 heavy (non-hydrogen) atoms. The van der Waals surface area contributed by atoms with Crippen molar-refractivity contribution in [2.24, 2.45) is 0 Å². The quantitative estimate of drug-likeness (QED) is 0.365. The minimum atomic E-state index is -1.28. The van der Waals surface area contributed by atoms with Crippen LogP contribution in [0.3, 0.4) is 0 Å². The van der Waals surface area contributed by atoms with Crippen molar-refractivity contribution in [3.8, 4) is 11.5 Å². The van der Waals surface area contributed by atoms with Crippen LogP contribution in [-0.2, 0) is 22.6 Å². The third kappa shape index (κ3) is 8.35. The van der Waals surface area contributed by atoms with Crippen LogP contribution in [0, 0.1) is 6.92 Å². The molecule has 0 bridgehead atoms. The van der Waals surface area contributed by atoms with Crippen LogP contribution in [0.25, 0.3) is 0 Å². The van der Waals surface area contributed by atoms with Crippen LogP contribution in [0.1, 0.15) is 16.7 Å². The molecule has 0 saturated heterocycles. The van der Waals surface area contributed by atoms with Crippen LogP contribution in [0.15, 0.2) is 78.9 Å². The third-order valence-electron chi connectivity index (χ3n) is 5.20. The topological polar surface area (TPSA) is 106 Å². The van der Waals surface area contributed by atoms with E-state index >= 15 is 0 Å². The Labute approximate surface area is 204 Å². The highest BCUT2D eigenvalue weighted by Gasteiger charge is 2.23. The van der Waals surface area contributed by atoms with Gasteiger partial charge in [0.1, 0.15) is 24.1 Å². The smallest absolute Gasteiger partial charge is 0.408 e. The first-order valence-corrected chi connectivity index (χ1v) is 11.2. The van der Waals surface area contributed by atoms with Gasteiger partial charge in [-0.3, -0.25) is 4.79 Å². The van der Waals surface area contributed by atoms with E-state index in [0.29, 0.717) is 11.5 Å². The summed E-state index contributed by atoms with van der Waals surface area (Å²) < 4.78 is 16.0. The van der Waals surface area contributed by atoms with Gasteiger partial charge in [-0.2, -0.15) is 0 Å². The Morgan fingerprint density at radius 3 is 2.23 bits per heavy atom. The van der Waals surface area contributed by atoms with E-state index in [1.165, 1.54) is 0 Å². The zero-order valence-electron chi connectivity index (χ0n) is 19.8. The Morgan fingerprint density at radius 2 is 1.60 bits per heavy atom. The van der Waals surface area contributed by atoms with E-state index in [1.54, 1.807) is 25.3 Å². The van der Waals surface area contributed by atoms with Crippen LogP contribution >= 0.6 is 0 Å². The number of aliphatic hydroxyl groups excluding tert-OH is 1. The number of aryl methyl sites for hydroxylation is 1. The van der Waals surface area contributed by atoms with Crippen LogP contribution in [0.5, 0.6) is 11.5 Å². The average Bonchev–Trinajstić information content (AvgIpc) is 2.88. The Morgan fingerprint density at radius 1 is 0.943 bits per heavy atom. The van der Waals surface area contributed by atoms with Crippen molar-refractivity contribution in [1.29, 1.82) is 0 Å². The van der Waals surface area contributed by atoms with Crippen LogP contribution in [-0.4, -0.2) is 43.1 Å². The predicted octanol–water partition coefficient (Wildman–Crippen LogP) is 3.35. The number of nitrogens with one attached hydrogen (secondary N) is 2. The number of rotatable bonds is 11. The van der Waals surface area contributed by atoms with Gasteiger partial charge in [0.2, 0.25) is 12.2 Å². The molecular weight excluding hydrogens is 448 g/mol. The number of methoxy groups -OCH3 is 1. The maximum absolute atomic E-state index is 12.9. The number of benzene rings is 3. The third-order valence-corrected chi connectivity index (χ3v) is 5.20. The van der Waals surface area contributed by atoms with Crippen LogP contribution in [0.2, 0.25) is 0 Å². The first-order valence-electron chi connectivity index (χ1n) is 11.2. The van der Waals surface area contributed by atoms with Gasteiger partial charge in [-0.1, -0.05) is 60.7 Å². The minimum absolute atomic E-state index is 0.0834.